The van der Waals surface area contributed by atoms with Crippen molar-refractivity contribution in [3.05, 3.63) is 82.3 Å². The molecule has 198 valence electrons. The third kappa shape index (κ3) is 5.65. The van der Waals surface area contributed by atoms with Crippen molar-refractivity contribution in [2.75, 3.05) is 7.11 Å². The molecular formula is C25H21ClF3N5O4. The second-order valence-corrected chi connectivity index (χ2v) is 8.70. The van der Waals surface area contributed by atoms with Gasteiger partial charge in [-0.2, -0.15) is 18.3 Å². The number of amides is 2. The van der Waals surface area contributed by atoms with Gasteiger partial charge in [-0.15, -0.1) is 0 Å². The van der Waals surface area contributed by atoms with E-state index in [4.69, 9.17) is 16.3 Å². The van der Waals surface area contributed by atoms with Crippen LogP contribution in [0.5, 0.6) is 5.75 Å². The smallest absolute Gasteiger partial charge is 0.435 e. The van der Waals surface area contributed by atoms with Crippen LogP contribution in [0.1, 0.15) is 27.3 Å². The maximum Gasteiger partial charge on any atom is 0.435 e. The van der Waals surface area contributed by atoms with Gasteiger partial charge in [0, 0.05) is 27.9 Å². The summed E-state index contributed by atoms with van der Waals surface area (Å²) in [5, 5.41) is 4.37. The molecule has 0 spiro atoms. The van der Waals surface area contributed by atoms with Gasteiger partial charge in [0.2, 0.25) is 5.91 Å². The van der Waals surface area contributed by atoms with Crippen molar-refractivity contribution >= 4 is 40.2 Å². The summed E-state index contributed by atoms with van der Waals surface area (Å²) < 4.78 is 45.6. The lowest BCUT2D eigenvalue weighted by Crippen LogP contribution is -2.44. The van der Waals surface area contributed by atoms with E-state index in [1.807, 2.05) is 0 Å². The van der Waals surface area contributed by atoms with E-state index in [1.54, 1.807) is 49.4 Å². The first kappa shape index (κ1) is 26.7. The summed E-state index contributed by atoms with van der Waals surface area (Å²) >= 11 is 5.94. The van der Waals surface area contributed by atoms with Gasteiger partial charge in [-0.05, 0) is 61.0 Å². The van der Waals surface area contributed by atoms with E-state index < -0.39 is 30.2 Å². The van der Waals surface area contributed by atoms with Crippen LogP contribution in [0.25, 0.3) is 10.9 Å². The maximum atomic E-state index is 13.4. The highest BCUT2D eigenvalue weighted by Gasteiger charge is 2.33. The number of halogens is 4. The van der Waals surface area contributed by atoms with Crippen LogP contribution in [0.15, 0.2) is 54.7 Å². The Balaban J connectivity index is 1.52. The second-order valence-electron chi connectivity index (χ2n) is 8.26. The number of hydrazine groups is 1. The average Bonchev–Trinajstić information content (AvgIpc) is 3.45. The number of carbonyl (C=O) groups is 3. The maximum absolute atomic E-state index is 13.4. The third-order valence-corrected chi connectivity index (χ3v) is 6.00. The predicted molar refractivity (Wildman–Crippen MR) is 132 cm³/mol. The molecule has 2 N–H and O–H groups in total. The first-order chi connectivity index (χ1) is 18.0. The molecule has 0 saturated carbocycles. The molecule has 0 aliphatic carbocycles. The fourth-order valence-electron chi connectivity index (χ4n) is 3.93. The van der Waals surface area contributed by atoms with E-state index in [0.717, 1.165) is 16.9 Å². The number of aromatic nitrogens is 3. The molecule has 0 atom stereocenters. The Kier molecular flexibility index (Phi) is 7.44. The van der Waals surface area contributed by atoms with Crippen LogP contribution in [0.2, 0.25) is 5.02 Å². The van der Waals surface area contributed by atoms with E-state index in [9.17, 15) is 27.6 Å². The van der Waals surface area contributed by atoms with Gasteiger partial charge in [-0.1, -0.05) is 11.6 Å². The van der Waals surface area contributed by atoms with Gasteiger partial charge in [-0.25, -0.2) is 0 Å². The third-order valence-electron chi connectivity index (χ3n) is 5.75. The number of benzene rings is 2. The molecule has 13 heteroatoms. The summed E-state index contributed by atoms with van der Waals surface area (Å²) in [6, 6.07) is 12.2. The molecule has 0 unspecified atom stereocenters. The van der Waals surface area contributed by atoms with E-state index in [-0.39, 0.29) is 12.3 Å². The Hall–Kier alpha value is -4.32. The SMILES string of the molecule is COc1ccc2c(c1)c(CC(=O)NNC(=O)Cn1ccc(C(F)(F)F)n1)c(C)n2C(=O)c1ccc(Cl)cc1. The number of fused-ring (bicyclic) bond motifs is 1. The minimum Gasteiger partial charge on any atom is -0.497 e. The number of nitrogens with one attached hydrogen (secondary N) is 2. The molecule has 0 aliphatic rings. The van der Waals surface area contributed by atoms with Crippen LogP contribution in [0.4, 0.5) is 13.2 Å². The van der Waals surface area contributed by atoms with Crippen molar-refractivity contribution in [2.24, 2.45) is 0 Å². The number of hydrogen-bond acceptors (Lipinski definition) is 5. The fraction of sp³-hybridized carbons (Fsp3) is 0.200. The number of ether oxygens (including phenoxy) is 1. The van der Waals surface area contributed by atoms with Crippen molar-refractivity contribution in [1.29, 1.82) is 0 Å². The van der Waals surface area contributed by atoms with Gasteiger partial charge in [0.15, 0.2) is 5.69 Å². The second kappa shape index (κ2) is 10.6. The molecule has 0 radical (unpaired) electrons. The van der Waals surface area contributed by atoms with Crippen molar-refractivity contribution in [3.8, 4) is 5.75 Å². The minimum atomic E-state index is -4.63. The summed E-state index contributed by atoms with van der Waals surface area (Å²) in [6.45, 7) is 1.15. The highest BCUT2D eigenvalue weighted by molar-refractivity contribution is 6.30. The van der Waals surface area contributed by atoms with Crippen molar-refractivity contribution < 1.29 is 32.3 Å². The van der Waals surface area contributed by atoms with Crippen LogP contribution in [0, 0.1) is 6.92 Å². The molecule has 4 aromatic rings. The number of carbonyl (C=O) groups excluding carboxylic acids is 3. The lowest BCUT2D eigenvalue weighted by molar-refractivity contribution is -0.141. The van der Waals surface area contributed by atoms with Gasteiger partial charge in [-0.3, -0.25) is 34.5 Å². The average molecular weight is 548 g/mol. The Morgan fingerprint density at radius 3 is 2.34 bits per heavy atom. The molecule has 4 rings (SSSR count). The van der Waals surface area contributed by atoms with E-state index in [2.05, 4.69) is 16.0 Å². The number of alkyl halides is 3. The zero-order valence-corrected chi connectivity index (χ0v) is 20.9. The van der Waals surface area contributed by atoms with Crippen molar-refractivity contribution in [1.82, 2.24) is 25.2 Å². The lowest BCUT2D eigenvalue weighted by atomic mass is 10.1. The normalized spacial score (nSPS) is 11.4. The topological polar surface area (TPSA) is 107 Å². The summed E-state index contributed by atoms with van der Waals surface area (Å²) in [5.74, 6) is -1.21. The molecule has 38 heavy (non-hydrogen) atoms. The molecule has 2 aromatic heterocycles. The zero-order chi connectivity index (χ0) is 27.6. The molecule has 2 heterocycles. The number of methoxy groups -OCH3 is 1. The number of rotatable bonds is 6. The first-order valence-corrected chi connectivity index (χ1v) is 11.5. The zero-order valence-electron chi connectivity index (χ0n) is 20.1. The van der Waals surface area contributed by atoms with Crippen molar-refractivity contribution in [2.45, 2.75) is 26.1 Å². The van der Waals surface area contributed by atoms with Gasteiger partial charge < -0.3 is 4.74 Å². The van der Waals surface area contributed by atoms with Crippen LogP contribution in [-0.2, 0) is 28.7 Å². The summed E-state index contributed by atoms with van der Waals surface area (Å²) in [6.07, 6.45) is -3.84. The largest absolute Gasteiger partial charge is 0.497 e. The highest BCUT2D eigenvalue weighted by Crippen LogP contribution is 2.31. The van der Waals surface area contributed by atoms with Gasteiger partial charge in [0.25, 0.3) is 11.8 Å². The first-order valence-electron chi connectivity index (χ1n) is 11.1. The summed E-state index contributed by atoms with van der Waals surface area (Å²) in [7, 11) is 1.49. The lowest BCUT2D eigenvalue weighted by Gasteiger charge is -2.09. The fourth-order valence-corrected chi connectivity index (χ4v) is 4.05. The molecule has 0 fully saturated rings. The Bertz CT molecular complexity index is 1530. The number of hydrogen-bond donors (Lipinski definition) is 2. The van der Waals surface area contributed by atoms with Crippen LogP contribution in [0.3, 0.4) is 0 Å². The predicted octanol–water partition coefficient (Wildman–Crippen LogP) is 3.91. The van der Waals surface area contributed by atoms with E-state index in [0.29, 0.717) is 38.5 Å². The van der Waals surface area contributed by atoms with Crippen LogP contribution in [-0.4, -0.2) is 39.2 Å². The van der Waals surface area contributed by atoms with Crippen molar-refractivity contribution in [3.63, 3.8) is 0 Å². The molecule has 0 bridgehead atoms. The molecule has 9 nitrogen and oxygen atoms in total. The number of nitrogens with zero attached hydrogens (tertiary/aromatic N) is 3. The molecule has 0 aliphatic heterocycles. The quantitative estimate of drug-likeness (QED) is 0.356. The minimum absolute atomic E-state index is 0.212. The Morgan fingerprint density at radius 1 is 1.03 bits per heavy atom. The highest BCUT2D eigenvalue weighted by atomic mass is 35.5. The molecule has 2 amide bonds. The van der Waals surface area contributed by atoms with Crippen LogP contribution < -0.4 is 15.6 Å². The van der Waals surface area contributed by atoms with Gasteiger partial charge >= 0.3 is 6.18 Å². The van der Waals surface area contributed by atoms with E-state index in [1.165, 1.54) is 11.7 Å². The Morgan fingerprint density at radius 2 is 1.71 bits per heavy atom. The van der Waals surface area contributed by atoms with Crippen LogP contribution >= 0.6 is 11.6 Å². The van der Waals surface area contributed by atoms with E-state index >= 15 is 0 Å². The standard InChI is InChI=1S/C25H21ClF3N5O4/c1-14-18(12-22(35)30-31-23(36)13-33-10-9-21(32-33)25(27,28)29)19-11-17(38-2)7-8-20(19)34(14)24(37)15-3-5-16(26)6-4-15/h3-11H,12-13H2,1-2H3,(H,30,35)(H,31,36). The van der Waals surface area contributed by atoms with Gasteiger partial charge in [0.1, 0.15) is 12.3 Å². The monoisotopic (exact) mass is 547 g/mol. The summed E-state index contributed by atoms with van der Waals surface area (Å²) in [4.78, 5) is 38.2. The Labute approximate surface area is 219 Å². The molecule has 0 saturated heterocycles. The molecule has 2 aromatic carbocycles. The van der Waals surface area contributed by atoms with Gasteiger partial charge in [0.05, 0.1) is 19.0 Å². The summed E-state index contributed by atoms with van der Waals surface area (Å²) in [5.41, 5.74) is 5.24. The molecular weight excluding hydrogens is 527 g/mol.